The van der Waals surface area contributed by atoms with Gasteiger partial charge in [-0.1, -0.05) is 6.42 Å². The first-order chi connectivity index (χ1) is 8.65. The minimum atomic E-state index is 0.415. The fraction of sp³-hybridized carbons (Fsp3) is 0.643. The van der Waals surface area contributed by atoms with Gasteiger partial charge in [-0.15, -0.1) is 0 Å². The lowest BCUT2D eigenvalue weighted by Crippen LogP contribution is -2.38. The number of pyridine rings is 1. The predicted octanol–water partition coefficient (Wildman–Crippen LogP) is 2.26. The molecule has 0 radical (unpaired) electrons. The van der Waals surface area contributed by atoms with E-state index in [9.17, 15) is 0 Å². The largest absolute Gasteiger partial charge is 0.397 e. The number of nitrogens with one attached hydrogen (secondary N) is 1. The number of likely N-dealkylation sites (tertiary alicyclic amines) is 1. The molecule has 0 aromatic carbocycles. The fourth-order valence-corrected chi connectivity index (χ4v) is 2.56. The highest BCUT2D eigenvalue weighted by atomic mass is 15.2. The second-order valence-corrected chi connectivity index (χ2v) is 5.34. The highest BCUT2D eigenvalue weighted by molar-refractivity contribution is 5.51. The molecule has 0 aliphatic carbocycles. The van der Waals surface area contributed by atoms with Gasteiger partial charge < -0.3 is 16.0 Å². The number of nitrogens with zero attached hydrogens (tertiary/aromatic N) is 2. The Morgan fingerprint density at radius 1 is 1.39 bits per heavy atom. The van der Waals surface area contributed by atoms with Crippen molar-refractivity contribution in [1.82, 2.24) is 9.88 Å². The van der Waals surface area contributed by atoms with Crippen LogP contribution >= 0.6 is 0 Å². The SMILES string of the molecule is Cc1cc(N)cnc1NC(C)CN1CCCCC1. The lowest BCUT2D eigenvalue weighted by molar-refractivity contribution is 0.223. The third-order valence-electron chi connectivity index (χ3n) is 3.46. The van der Waals surface area contributed by atoms with Crippen molar-refractivity contribution >= 4 is 11.5 Å². The van der Waals surface area contributed by atoms with Gasteiger partial charge in [-0.05, 0) is 51.4 Å². The van der Waals surface area contributed by atoms with Gasteiger partial charge in [0, 0.05) is 12.6 Å². The average molecular weight is 248 g/mol. The molecule has 0 saturated carbocycles. The van der Waals surface area contributed by atoms with Crippen LogP contribution in [0.4, 0.5) is 11.5 Å². The number of hydrogen-bond acceptors (Lipinski definition) is 4. The predicted molar refractivity (Wildman–Crippen MR) is 76.8 cm³/mol. The number of nitrogens with two attached hydrogens (primary N) is 1. The van der Waals surface area contributed by atoms with Gasteiger partial charge in [0.1, 0.15) is 5.82 Å². The third-order valence-corrected chi connectivity index (χ3v) is 3.46. The standard InChI is InChI=1S/C14H24N4/c1-11-8-13(15)9-16-14(11)17-12(2)10-18-6-4-3-5-7-18/h8-9,12H,3-7,10,15H2,1-2H3,(H,16,17). The zero-order chi connectivity index (χ0) is 13.0. The maximum Gasteiger partial charge on any atom is 0.129 e. The molecule has 2 heterocycles. The van der Waals surface area contributed by atoms with E-state index in [1.807, 2.05) is 13.0 Å². The molecule has 1 saturated heterocycles. The van der Waals surface area contributed by atoms with E-state index in [1.54, 1.807) is 6.20 Å². The van der Waals surface area contributed by atoms with Crippen molar-refractivity contribution in [3.8, 4) is 0 Å². The van der Waals surface area contributed by atoms with Gasteiger partial charge >= 0.3 is 0 Å². The van der Waals surface area contributed by atoms with Crippen LogP contribution in [0.5, 0.6) is 0 Å². The van der Waals surface area contributed by atoms with Gasteiger partial charge in [-0.2, -0.15) is 0 Å². The molecule has 1 aromatic rings. The van der Waals surface area contributed by atoms with Crippen LogP contribution in [0.3, 0.4) is 0 Å². The number of hydrogen-bond donors (Lipinski definition) is 2. The Hall–Kier alpha value is -1.29. The first-order valence-electron chi connectivity index (χ1n) is 6.86. The van der Waals surface area contributed by atoms with E-state index >= 15 is 0 Å². The number of piperidine rings is 1. The first-order valence-corrected chi connectivity index (χ1v) is 6.86. The van der Waals surface area contributed by atoms with E-state index in [1.165, 1.54) is 32.4 Å². The van der Waals surface area contributed by atoms with Crippen LogP contribution in [-0.4, -0.2) is 35.6 Å². The molecule has 18 heavy (non-hydrogen) atoms. The van der Waals surface area contributed by atoms with Gasteiger partial charge in [0.25, 0.3) is 0 Å². The summed E-state index contributed by atoms with van der Waals surface area (Å²) in [5.74, 6) is 0.953. The van der Waals surface area contributed by atoms with Gasteiger partial charge in [-0.3, -0.25) is 0 Å². The summed E-state index contributed by atoms with van der Waals surface area (Å²) in [6.07, 6.45) is 5.78. The van der Waals surface area contributed by atoms with Crippen molar-refractivity contribution in [2.24, 2.45) is 0 Å². The Kier molecular flexibility index (Phi) is 4.42. The summed E-state index contributed by atoms with van der Waals surface area (Å²) < 4.78 is 0. The minimum absolute atomic E-state index is 0.415. The maximum absolute atomic E-state index is 5.71. The zero-order valence-electron chi connectivity index (χ0n) is 11.4. The van der Waals surface area contributed by atoms with Gasteiger partial charge in [-0.25, -0.2) is 4.98 Å². The molecular formula is C14H24N4. The van der Waals surface area contributed by atoms with Crippen LogP contribution in [0.2, 0.25) is 0 Å². The molecule has 0 bridgehead atoms. The Morgan fingerprint density at radius 3 is 2.78 bits per heavy atom. The van der Waals surface area contributed by atoms with Crippen molar-refractivity contribution in [3.05, 3.63) is 17.8 Å². The zero-order valence-corrected chi connectivity index (χ0v) is 11.4. The molecule has 1 fully saturated rings. The minimum Gasteiger partial charge on any atom is -0.397 e. The molecule has 4 nitrogen and oxygen atoms in total. The number of nitrogen functional groups attached to an aromatic ring is 1. The number of aryl methyl sites for hydroxylation is 1. The second-order valence-electron chi connectivity index (χ2n) is 5.34. The van der Waals surface area contributed by atoms with Crippen molar-refractivity contribution < 1.29 is 0 Å². The molecule has 3 N–H and O–H groups in total. The summed E-state index contributed by atoms with van der Waals surface area (Å²) in [6.45, 7) is 7.82. The molecule has 1 aliphatic heterocycles. The van der Waals surface area contributed by atoms with E-state index in [0.29, 0.717) is 6.04 Å². The van der Waals surface area contributed by atoms with Gasteiger partial charge in [0.15, 0.2) is 0 Å². The normalized spacial score (nSPS) is 18.6. The Bertz CT molecular complexity index is 385. The number of anilines is 2. The topological polar surface area (TPSA) is 54.2 Å². The van der Waals surface area contributed by atoms with Crippen LogP contribution in [0.15, 0.2) is 12.3 Å². The fourth-order valence-electron chi connectivity index (χ4n) is 2.56. The number of rotatable bonds is 4. The molecule has 0 spiro atoms. The van der Waals surface area contributed by atoms with Crippen molar-refractivity contribution in [2.45, 2.75) is 39.2 Å². The molecular weight excluding hydrogens is 224 g/mol. The first kappa shape index (κ1) is 13.1. The Labute approximate surface area is 110 Å². The summed E-state index contributed by atoms with van der Waals surface area (Å²) in [6, 6.07) is 2.38. The molecule has 100 valence electrons. The van der Waals surface area contributed by atoms with Crippen molar-refractivity contribution in [1.29, 1.82) is 0 Å². The van der Waals surface area contributed by atoms with Crippen LogP contribution in [0.1, 0.15) is 31.7 Å². The highest BCUT2D eigenvalue weighted by Gasteiger charge is 2.14. The Morgan fingerprint density at radius 2 is 2.11 bits per heavy atom. The van der Waals surface area contributed by atoms with Crippen LogP contribution < -0.4 is 11.1 Å². The van der Waals surface area contributed by atoms with Crippen LogP contribution in [-0.2, 0) is 0 Å². The van der Waals surface area contributed by atoms with E-state index in [4.69, 9.17) is 5.73 Å². The smallest absolute Gasteiger partial charge is 0.129 e. The monoisotopic (exact) mass is 248 g/mol. The molecule has 1 atom stereocenters. The summed E-state index contributed by atoms with van der Waals surface area (Å²) in [7, 11) is 0. The third kappa shape index (κ3) is 3.60. The van der Waals surface area contributed by atoms with Crippen LogP contribution in [0.25, 0.3) is 0 Å². The van der Waals surface area contributed by atoms with Crippen molar-refractivity contribution in [3.63, 3.8) is 0 Å². The average Bonchev–Trinajstić information content (AvgIpc) is 2.34. The van der Waals surface area contributed by atoms with Crippen LogP contribution in [0, 0.1) is 6.92 Å². The van der Waals surface area contributed by atoms with Crippen molar-refractivity contribution in [2.75, 3.05) is 30.7 Å². The Balaban J connectivity index is 1.87. The summed E-state index contributed by atoms with van der Waals surface area (Å²) in [5, 5.41) is 3.48. The summed E-state index contributed by atoms with van der Waals surface area (Å²) in [5.41, 5.74) is 7.54. The maximum atomic E-state index is 5.71. The summed E-state index contributed by atoms with van der Waals surface area (Å²) in [4.78, 5) is 6.89. The van der Waals surface area contributed by atoms with E-state index in [2.05, 4.69) is 22.1 Å². The second kappa shape index (κ2) is 6.05. The molecule has 2 rings (SSSR count). The molecule has 0 amide bonds. The summed E-state index contributed by atoms with van der Waals surface area (Å²) >= 11 is 0. The van der Waals surface area contributed by atoms with E-state index < -0.39 is 0 Å². The van der Waals surface area contributed by atoms with Gasteiger partial charge in [0.05, 0.1) is 11.9 Å². The van der Waals surface area contributed by atoms with E-state index in [0.717, 1.165) is 23.6 Å². The van der Waals surface area contributed by atoms with E-state index in [-0.39, 0.29) is 0 Å². The highest BCUT2D eigenvalue weighted by Crippen LogP contribution is 2.16. The van der Waals surface area contributed by atoms with Gasteiger partial charge in [0.2, 0.25) is 0 Å². The molecule has 4 heteroatoms. The number of aromatic nitrogens is 1. The molecule has 1 unspecified atom stereocenters. The lowest BCUT2D eigenvalue weighted by atomic mass is 10.1. The molecule has 1 aromatic heterocycles. The quantitative estimate of drug-likeness (QED) is 0.858. The molecule has 1 aliphatic rings. The lowest BCUT2D eigenvalue weighted by Gasteiger charge is -2.29.